The molecule has 0 saturated carbocycles. The number of allylic oxidation sites excluding steroid dienone is 1. The second-order valence-corrected chi connectivity index (χ2v) is 7.21. The first kappa shape index (κ1) is 16.9. The van der Waals surface area contributed by atoms with Gasteiger partial charge in [0.1, 0.15) is 6.07 Å². The summed E-state index contributed by atoms with van der Waals surface area (Å²) in [4.78, 5) is 2.26. The van der Waals surface area contributed by atoms with Gasteiger partial charge in [-0.1, -0.05) is 42.5 Å². The zero-order valence-electron chi connectivity index (χ0n) is 15.1. The van der Waals surface area contributed by atoms with Gasteiger partial charge in [-0.15, -0.1) is 0 Å². The first-order valence-electron chi connectivity index (χ1n) is 8.89. The largest absolute Gasteiger partial charge is 0.446 e. The van der Waals surface area contributed by atoms with Gasteiger partial charge in [0.05, 0.1) is 5.57 Å². The lowest BCUT2D eigenvalue weighted by Crippen LogP contribution is -2.58. The third kappa shape index (κ3) is 2.54. The van der Waals surface area contributed by atoms with Crippen molar-refractivity contribution in [3.63, 3.8) is 0 Å². The SMILES string of the molecule is CO[C@@]12CCN(C)C[C@H]1[C@H](c1ccc3ccccc3c1)C(C#N)=C(N)O2. The highest BCUT2D eigenvalue weighted by Gasteiger charge is 2.54. The van der Waals surface area contributed by atoms with Gasteiger partial charge in [-0.25, -0.2) is 0 Å². The van der Waals surface area contributed by atoms with E-state index in [1.165, 1.54) is 5.39 Å². The summed E-state index contributed by atoms with van der Waals surface area (Å²) in [6, 6.07) is 16.9. The Hall–Kier alpha value is -2.55. The number of benzene rings is 2. The Morgan fingerprint density at radius 2 is 2.04 bits per heavy atom. The number of nitrogens with two attached hydrogens (primary N) is 1. The molecule has 0 spiro atoms. The number of rotatable bonds is 2. The van der Waals surface area contributed by atoms with Gasteiger partial charge >= 0.3 is 0 Å². The van der Waals surface area contributed by atoms with Crippen molar-refractivity contribution in [1.29, 1.82) is 5.26 Å². The quantitative estimate of drug-likeness (QED) is 0.902. The minimum atomic E-state index is -0.784. The van der Waals surface area contributed by atoms with Gasteiger partial charge in [0, 0.05) is 38.5 Å². The second kappa shape index (κ2) is 6.31. The van der Waals surface area contributed by atoms with Crippen LogP contribution in [0.4, 0.5) is 0 Å². The van der Waals surface area contributed by atoms with Crippen molar-refractivity contribution < 1.29 is 9.47 Å². The van der Waals surface area contributed by atoms with Crippen LogP contribution in [0.5, 0.6) is 0 Å². The van der Waals surface area contributed by atoms with Crippen LogP contribution in [0.3, 0.4) is 0 Å². The molecule has 0 radical (unpaired) electrons. The summed E-state index contributed by atoms with van der Waals surface area (Å²) in [5.41, 5.74) is 7.74. The Labute approximate surface area is 153 Å². The minimum Gasteiger partial charge on any atom is -0.446 e. The molecule has 2 heterocycles. The zero-order valence-corrected chi connectivity index (χ0v) is 15.1. The molecule has 5 nitrogen and oxygen atoms in total. The van der Waals surface area contributed by atoms with Gasteiger partial charge in [0.2, 0.25) is 11.7 Å². The maximum Gasteiger partial charge on any atom is 0.218 e. The summed E-state index contributed by atoms with van der Waals surface area (Å²) < 4.78 is 11.9. The molecule has 0 aromatic heterocycles. The molecule has 0 unspecified atom stereocenters. The van der Waals surface area contributed by atoms with Gasteiger partial charge < -0.3 is 20.1 Å². The molecule has 2 aliphatic rings. The van der Waals surface area contributed by atoms with E-state index in [4.69, 9.17) is 15.2 Å². The van der Waals surface area contributed by atoms with Crippen LogP contribution in [0.25, 0.3) is 10.8 Å². The fraction of sp³-hybridized carbons (Fsp3) is 0.381. The van der Waals surface area contributed by atoms with Crippen molar-refractivity contribution in [1.82, 2.24) is 4.90 Å². The average Bonchev–Trinajstić information content (AvgIpc) is 2.67. The Bertz CT molecular complexity index is 917. The molecule has 5 heteroatoms. The van der Waals surface area contributed by atoms with Crippen LogP contribution in [-0.2, 0) is 9.47 Å². The highest BCUT2D eigenvalue weighted by atomic mass is 16.7. The van der Waals surface area contributed by atoms with E-state index in [1.807, 2.05) is 12.1 Å². The molecule has 2 aliphatic heterocycles. The van der Waals surface area contributed by atoms with E-state index in [2.05, 4.69) is 48.3 Å². The molecule has 0 bridgehead atoms. The molecular weight excluding hydrogens is 326 g/mol. The first-order valence-corrected chi connectivity index (χ1v) is 8.89. The summed E-state index contributed by atoms with van der Waals surface area (Å²) >= 11 is 0. The van der Waals surface area contributed by atoms with Crippen molar-refractivity contribution in [3.05, 3.63) is 59.5 Å². The Morgan fingerprint density at radius 1 is 1.27 bits per heavy atom. The number of likely N-dealkylation sites (tertiary alicyclic amines) is 1. The standard InChI is InChI=1S/C21H23N3O2/c1-24-10-9-21(25-2)18(13-24)19(17(12-22)20(23)26-21)16-8-7-14-5-3-4-6-15(14)11-16/h3-8,11,18-19H,9-10,13,23H2,1-2H3/t18-,19+,21+/m0/s1. The number of hydrogen-bond acceptors (Lipinski definition) is 5. The van der Waals surface area contributed by atoms with Gasteiger partial charge in [0.25, 0.3) is 0 Å². The molecule has 0 amide bonds. The molecule has 26 heavy (non-hydrogen) atoms. The van der Waals surface area contributed by atoms with Gasteiger partial charge in [0.15, 0.2) is 0 Å². The summed E-state index contributed by atoms with van der Waals surface area (Å²) in [6.45, 7) is 1.65. The number of piperidine rings is 1. The highest BCUT2D eigenvalue weighted by molar-refractivity contribution is 5.83. The number of fused-ring (bicyclic) bond motifs is 2. The third-order valence-electron chi connectivity index (χ3n) is 5.78. The number of hydrogen-bond donors (Lipinski definition) is 1. The number of methoxy groups -OCH3 is 1. The normalized spacial score (nSPS) is 29.1. The van der Waals surface area contributed by atoms with Crippen LogP contribution < -0.4 is 5.73 Å². The van der Waals surface area contributed by atoms with Crippen molar-refractivity contribution in [3.8, 4) is 6.07 Å². The third-order valence-corrected chi connectivity index (χ3v) is 5.78. The topological polar surface area (TPSA) is 71.5 Å². The van der Waals surface area contributed by atoms with Crippen LogP contribution in [0.15, 0.2) is 53.9 Å². The molecule has 2 N–H and O–H groups in total. The van der Waals surface area contributed by atoms with Crippen LogP contribution in [0.1, 0.15) is 17.9 Å². The van der Waals surface area contributed by atoms with E-state index in [0.29, 0.717) is 12.0 Å². The zero-order chi connectivity index (χ0) is 18.3. The van der Waals surface area contributed by atoms with Crippen LogP contribution in [0, 0.1) is 17.2 Å². The van der Waals surface area contributed by atoms with Crippen molar-refractivity contribution in [2.45, 2.75) is 18.1 Å². The Morgan fingerprint density at radius 3 is 2.77 bits per heavy atom. The van der Waals surface area contributed by atoms with Gasteiger partial charge in [-0.3, -0.25) is 0 Å². The van der Waals surface area contributed by atoms with E-state index < -0.39 is 5.79 Å². The fourth-order valence-electron chi connectivity index (χ4n) is 4.40. The molecule has 0 aliphatic carbocycles. The molecule has 4 rings (SSSR count). The molecule has 1 fully saturated rings. The van der Waals surface area contributed by atoms with E-state index >= 15 is 0 Å². The number of ether oxygens (including phenoxy) is 2. The minimum absolute atomic E-state index is 0.00522. The summed E-state index contributed by atoms with van der Waals surface area (Å²) in [6.07, 6.45) is 0.716. The summed E-state index contributed by atoms with van der Waals surface area (Å²) in [5.74, 6) is -0.753. The monoisotopic (exact) mass is 349 g/mol. The maximum absolute atomic E-state index is 9.80. The van der Waals surface area contributed by atoms with E-state index in [0.717, 1.165) is 24.0 Å². The fourth-order valence-corrected chi connectivity index (χ4v) is 4.40. The molecule has 1 saturated heterocycles. The van der Waals surface area contributed by atoms with E-state index in [9.17, 15) is 5.26 Å². The Balaban J connectivity index is 1.89. The lowest BCUT2D eigenvalue weighted by Gasteiger charge is -2.51. The van der Waals surface area contributed by atoms with Crippen molar-refractivity contribution in [2.75, 3.05) is 27.2 Å². The first-order chi connectivity index (χ1) is 12.6. The van der Waals surface area contributed by atoms with Crippen molar-refractivity contribution >= 4 is 10.8 Å². The second-order valence-electron chi connectivity index (χ2n) is 7.21. The predicted molar refractivity (Wildman–Crippen MR) is 99.9 cm³/mol. The maximum atomic E-state index is 9.80. The van der Waals surface area contributed by atoms with Crippen LogP contribution in [-0.4, -0.2) is 37.9 Å². The molecule has 2 aromatic rings. The highest BCUT2D eigenvalue weighted by Crippen LogP contribution is 2.49. The average molecular weight is 349 g/mol. The Kier molecular flexibility index (Phi) is 4.10. The summed E-state index contributed by atoms with van der Waals surface area (Å²) in [7, 11) is 3.76. The molecule has 3 atom stereocenters. The van der Waals surface area contributed by atoms with Crippen LogP contribution in [0.2, 0.25) is 0 Å². The lowest BCUT2D eigenvalue weighted by atomic mass is 9.72. The summed E-state index contributed by atoms with van der Waals surface area (Å²) in [5, 5.41) is 12.1. The van der Waals surface area contributed by atoms with E-state index in [-0.39, 0.29) is 17.7 Å². The van der Waals surface area contributed by atoms with Gasteiger partial charge in [-0.2, -0.15) is 5.26 Å². The predicted octanol–water partition coefficient (Wildman–Crippen LogP) is 2.94. The molecule has 2 aromatic carbocycles. The van der Waals surface area contributed by atoms with E-state index in [1.54, 1.807) is 7.11 Å². The number of nitrogens with zero attached hydrogens (tertiary/aromatic N) is 2. The smallest absolute Gasteiger partial charge is 0.218 e. The number of nitriles is 1. The van der Waals surface area contributed by atoms with Gasteiger partial charge in [-0.05, 0) is 23.4 Å². The van der Waals surface area contributed by atoms with Crippen molar-refractivity contribution in [2.24, 2.45) is 11.7 Å². The molecule has 134 valence electrons. The molecular formula is C21H23N3O2. The lowest BCUT2D eigenvalue weighted by molar-refractivity contribution is -0.264. The van der Waals surface area contributed by atoms with Crippen LogP contribution >= 0.6 is 0 Å².